The summed E-state index contributed by atoms with van der Waals surface area (Å²) in [6, 6.07) is 3.95. The molecule has 0 bridgehead atoms. The van der Waals surface area contributed by atoms with E-state index in [1.807, 2.05) is 39.8 Å². The highest BCUT2D eigenvalue weighted by Crippen LogP contribution is 2.25. The Morgan fingerprint density at radius 1 is 1.29 bits per heavy atom. The Morgan fingerprint density at radius 2 is 1.86 bits per heavy atom. The van der Waals surface area contributed by atoms with Crippen molar-refractivity contribution in [2.45, 2.75) is 34.2 Å². The minimum Gasteiger partial charge on any atom is -0.396 e. The van der Waals surface area contributed by atoms with Crippen LogP contribution in [0.1, 0.15) is 22.5 Å². The number of aryl methyl sites for hydroxylation is 3. The van der Waals surface area contributed by atoms with Crippen LogP contribution in [-0.2, 0) is 11.3 Å². The van der Waals surface area contributed by atoms with E-state index < -0.39 is 0 Å². The molecular weight excluding hydrogens is 332 g/mol. The van der Waals surface area contributed by atoms with Crippen LogP contribution < -0.4 is 11.1 Å². The van der Waals surface area contributed by atoms with E-state index in [0.29, 0.717) is 5.69 Å². The van der Waals surface area contributed by atoms with Gasteiger partial charge in [0.1, 0.15) is 6.54 Å². The minimum atomic E-state index is -0.117. The summed E-state index contributed by atoms with van der Waals surface area (Å²) in [5, 5.41) is 7.22. The number of aromatic nitrogens is 2. The van der Waals surface area contributed by atoms with Crippen LogP contribution in [0.5, 0.6) is 0 Å². The highest BCUT2D eigenvalue weighted by Gasteiger charge is 2.13. The van der Waals surface area contributed by atoms with Gasteiger partial charge in [0.25, 0.3) is 0 Å². The molecule has 0 spiro atoms. The molecule has 1 aromatic carbocycles. The van der Waals surface area contributed by atoms with Gasteiger partial charge in [0.2, 0.25) is 5.91 Å². The molecule has 0 atom stereocenters. The summed E-state index contributed by atoms with van der Waals surface area (Å²) in [5.74, 6) is -0.117. The predicted molar refractivity (Wildman–Crippen MR) is 88.4 cm³/mol. The zero-order valence-electron chi connectivity index (χ0n) is 12.6. The number of benzene rings is 1. The molecule has 21 heavy (non-hydrogen) atoms. The Labute approximate surface area is 132 Å². The quantitative estimate of drug-likeness (QED) is 0.893. The fraction of sp³-hybridized carbons (Fsp3) is 0.333. The minimum absolute atomic E-state index is 0.117. The van der Waals surface area contributed by atoms with E-state index in [4.69, 9.17) is 5.73 Å². The van der Waals surface area contributed by atoms with Crippen LogP contribution in [0.4, 0.5) is 11.4 Å². The van der Waals surface area contributed by atoms with Crippen LogP contribution in [0.2, 0.25) is 0 Å². The van der Waals surface area contributed by atoms with Gasteiger partial charge in [-0.15, -0.1) is 0 Å². The number of anilines is 2. The van der Waals surface area contributed by atoms with E-state index in [1.165, 1.54) is 0 Å². The van der Waals surface area contributed by atoms with Gasteiger partial charge in [0.15, 0.2) is 0 Å². The SMILES string of the molecule is Cc1cc(Br)cc(C)c1NC(=O)Cn1nc(C)c(N)c1C. The number of carbonyl (C=O) groups excluding carboxylic acids is 1. The Kier molecular flexibility index (Phi) is 4.37. The number of halogens is 1. The van der Waals surface area contributed by atoms with Crippen LogP contribution in [-0.4, -0.2) is 15.7 Å². The van der Waals surface area contributed by atoms with E-state index in [1.54, 1.807) is 4.68 Å². The molecule has 0 radical (unpaired) electrons. The lowest BCUT2D eigenvalue weighted by molar-refractivity contribution is -0.116. The molecular formula is C15H19BrN4O. The van der Waals surface area contributed by atoms with E-state index in [2.05, 4.69) is 26.3 Å². The van der Waals surface area contributed by atoms with Crippen LogP contribution in [0.25, 0.3) is 0 Å². The zero-order chi connectivity index (χ0) is 15.7. The molecule has 0 saturated heterocycles. The normalized spacial score (nSPS) is 10.7. The fourth-order valence-corrected chi connectivity index (χ4v) is 2.97. The summed E-state index contributed by atoms with van der Waals surface area (Å²) in [6.45, 7) is 7.78. The summed E-state index contributed by atoms with van der Waals surface area (Å²) in [5.41, 5.74) is 11.0. The molecule has 2 aromatic rings. The Hall–Kier alpha value is -1.82. The molecule has 3 N–H and O–H groups in total. The zero-order valence-corrected chi connectivity index (χ0v) is 14.2. The van der Waals surface area contributed by atoms with Crippen LogP contribution >= 0.6 is 15.9 Å². The lowest BCUT2D eigenvalue weighted by Crippen LogP contribution is -2.21. The molecule has 1 amide bonds. The van der Waals surface area contributed by atoms with E-state index in [9.17, 15) is 4.79 Å². The van der Waals surface area contributed by atoms with Gasteiger partial charge in [0.05, 0.1) is 17.1 Å². The molecule has 6 heteroatoms. The third-order valence-electron chi connectivity index (χ3n) is 3.49. The van der Waals surface area contributed by atoms with Crippen LogP contribution in [0, 0.1) is 27.7 Å². The number of hydrogen-bond donors (Lipinski definition) is 2. The maximum Gasteiger partial charge on any atom is 0.246 e. The summed E-state index contributed by atoms with van der Waals surface area (Å²) in [4.78, 5) is 12.2. The molecule has 5 nitrogen and oxygen atoms in total. The number of hydrogen-bond acceptors (Lipinski definition) is 3. The summed E-state index contributed by atoms with van der Waals surface area (Å²) < 4.78 is 2.63. The first-order valence-corrected chi connectivity index (χ1v) is 7.45. The number of carbonyl (C=O) groups is 1. The van der Waals surface area contributed by atoms with E-state index >= 15 is 0 Å². The smallest absolute Gasteiger partial charge is 0.246 e. The fourth-order valence-electron chi connectivity index (χ4n) is 2.29. The predicted octanol–water partition coefficient (Wildman–Crippen LogP) is 3.10. The van der Waals surface area contributed by atoms with E-state index in [0.717, 1.165) is 32.7 Å². The molecule has 112 valence electrons. The van der Waals surface area contributed by atoms with E-state index in [-0.39, 0.29) is 12.5 Å². The number of amides is 1. The van der Waals surface area contributed by atoms with Crippen molar-refractivity contribution < 1.29 is 4.79 Å². The number of nitrogens with one attached hydrogen (secondary N) is 1. The van der Waals surface area contributed by atoms with Crippen molar-refractivity contribution in [3.05, 3.63) is 39.1 Å². The maximum absolute atomic E-state index is 12.2. The van der Waals surface area contributed by atoms with Gasteiger partial charge >= 0.3 is 0 Å². The number of nitrogens with two attached hydrogens (primary N) is 1. The lowest BCUT2D eigenvalue weighted by atomic mass is 10.1. The highest BCUT2D eigenvalue weighted by molar-refractivity contribution is 9.10. The first-order chi connectivity index (χ1) is 9.79. The Morgan fingerprint density at radius 3 is 2.33 bits per heavy atom. The molecule has 0 saturated carbocycles. The van der Waals surface area contributed by atoms with Crippen LogP contribution in [0.3, 0.4) is 0 Å². The second kappa shape index (κ2) is 5.89. The van der Waals surface area contributed by atoms with Crippen molar-refractivity contribution in [2.75, 3.05) is 11.1 Å². The largest absolute Gasteiger partial charge is 0.396 e. The Bertz CT molecular complexity index is 683. The van der Waals surface area contributed by atoms with Crippen LogP contribution in [0.15, 0.2) is 16.6 Å². The standard InChI is InChI=1S/C15H19BrN4O/c1-8-5-12(16)6-9(2)15(8)18-13(21)7-20-11(4)14(17)10(3)19-20/h5-6H,7,17H2,1-4H3,(H,18,21). The summed E-state index contributed by atoms with van der Waals surface area (Å²) >= 11 is 3.45. The summed E-state index contributed by atoms with van der Waals surface area (Å²) in [6.07, 6.45) is 0. The van der Waals surface area contributed by atoms with Gasteiger partial charge in [0, 0.05) is 10.2 Å². The molecule has 1 heterocycles. The van der Waals surface area contributed by atoms with Crippen molar-refractivity contribution in [1.82, 2.24) is 9.78 Å². The third-order valence-corrected chi connectivity index (χ3v) is 3.95. The molecule has 2 rings (SSSR count). The van der Waals surface area contributed by atoms with Crippen molar-refractivity contribution in [3.8, 4) is 0 Å². The van der Waals surface area contributed by atoms with Gasteiger partial charge in [-0.3, -0.25) is 9.48 Å². The molecule has 0 fully saturated rings. The monoisotopic (exact) mass is 350 g/mol. The molecule has 0 aliphatic carbocycles. The average Bonchev–Trinajstić information content (AvgIpc) is 2.61. The van der Waals surface area contributed by atoms with Crippen molar-refractivity contribution in [2.24, 2.45) is 0 Å². The topological polar surface area (TPSA) is 72.9 Å². The second-order valence-corrected chi connectivity index (χ2v) is 6.12. The average molecular weight is 351 g/mol. The highest BCUT2D eigenvalue weighted by atomic mass is 79.9. The van der Waals surface area contributed by atoms with Gasteiger partial charge in [-0.2, -0.15) is 5.10 Å². The van der Waals surface area contributed by atoms with Crippen molar-refractivity contribution in [1.29, 1.82) is 0 Å². The Balaban J connectivity index is 2.17. The van der Waals surface area contributed by atoms with Gasteiger partial charge in [-0.25, -0.2) is 0 Å². The first-order valence-electron chi connectivity index (χ1n) is 6.65. The van der Waals surface area contributed by atoms with Gasteiger partial charge < -0.3 is 11.1 Å². The summed E-state index contributed by atoms with van der Waals surface area (Å²) in [7, 11) is 0. The van der Waals surface area contributed by atoms with Crippen molar-refractivity contribution in [3.63, 3.8) is 0 Å². The number of nitrogens with zero attached hydrogens (tertiary/aromatic N) is 2. The molecule has 0 unspecified atom stereocenters. The first kappa shape index (κ1) is 15.6. The number of nitrogen functional groups attached to an aromatic ring is 1. The van der Waals surface area contributed by atoms with Gasteiger partial charge in [-0.1, -0.05) is 15.9 Å². The lowest BCUT2D eigenvalue weighted by Gasteiger charge is -2.13. The third kappa shape index (κ3) is 3.26. The number of rotatable bonds is 3. The molecule has 0 aliphatic rings. The van der Waals surface area contributed by atoms with Gasteiger partial charge in [-0.05, 0) is 51.0 Å². The molecule has 1 aromatic heterocycles. The molecule has 0 aliphatic heterocycles. The van der Waals surface area contributed by atoms with Crippen molar-refractivity contribution >= 4 is 33.2 Å². The second-order valence-electron chi connectivity index (χ2n) is 5.20. The maximum atomic E-state index is 12.2.